The lowest BCUT2D eigenvalue weighted by Crippen LogP contribution is -2.51. The van der Waals surface area contributed by atoms with Crippen LogP contribution in [0.25, 0.3) is 5.69 Å². The van der Waals surface area contributed by atoms with Gasteiger partial charge in [0.1, 0.15) is 17.5 Å². The maximum Gasteiger partial charge on any atom is 0.290 e. The zero-order valence-electron chi connectivity index (χ0n) is 25.8. The van der Waals surface area contributed by atoms with Gasteiger partial charge >= 0.3 is 0 Å². The Balaban J connectivity index is 1.15. The van der Waals surface area contributed by atoms with Crippen molar-refractivity contribution in [3.63, 3.8) is 0 Å². The number of halogens is 3. The summed E-state index contributed by atoms with van der Waals surface area (Å²) in [6, 6.07) is 21.9. The highest BCUT2D eigenvalue weighted by molar-refractivity contribution is 6.40. The summed E-state index contributed by atoms with van der Waals surface area (Å²) in [4.78, 5) is 56.5. The fraction of sp³-hybridized carbons (Fsp3) is 0.189. The molecule has 0 bridgehead atoms. The highest BCUT2D eigenvalue weighted by atomic mass is 19.1. The van der Waals surface area contributed by atoms with E-state index < -0.39 is 46.9 Å². The molecule has 5 aromatic rings. The number of piperazine rings is 1. The average molecular weight is 653 g/mol. The van der Waals surface area contributed by atoms with Crippen molar-refractivity contribution in [1.82, 2.24) is 14.0 Å². The zero-order valence-corrected chi connectivity index (χ0v) is 25.8. The molecule has 3 aromatic carbocycles. The molecule has 0 atom stereocenters. The van der Waals surface area contributed by atoms with Crippen LogP contribution in [0.4, 0.5) is 18.9 Å². The van der Waals surface area contributed by atoms with Crippen molar-refractivity contribution >= 4 is 23.2 Å². The van der Waals surface area contributed by atoms with Crippen LogP contribution in [-0.2, 0) is 22.6 Å². The van der Waals surface area contributed by atoms with E-state index >= 15 is 0 Å². The Kier molecular flexibility index (Phi) is 9.38. The lowest BCUT2D eigenvalue weighted by Gasteiger charge is -2.35. The zero-order chi connectivity index (χ0) is 33.8. The number of hydrogen-bond acceptors (Lipinski definition) is 5. The molecule has 1 fully saturated rings. The average Bonchev–Trinajstić information content (AvgIpc) is 3.62. The molecule has 8 nitrogen and oxygen atoms in total. The van der Waals surface area contributed by atoms with E-state index in [1.54, 1.807) is 6.07 Å². The molecule has 0 saturated carbocycles. The Labute approximate surface area is 274 Å². The number of ketones is 2. The summed E-state index contributed by atoms with van der Waals surface area (Å²) in [6.07, 6.45) is 4.39. The Bertz CT molecular complexity index is 2010. The first-order valence-electron chi connectivity index (χ1n) is 15.4. The van der Waals surface area contributed by atoms with Crippen molar-refractivity contribution < 1.29 is 27.6 Å². The molecule has 1 amide bonds. The van der Waals surface area contributed by atoms with Crippen molar-refractivity contribution in [1.29, 1.82) is 0 Å². The van der Waals surface area contributed by atoms with E-state index in [4.69, 9.17) is 0 Å². The molecule has 0 N–H and O–H groups in total. The van der Waals surface area contributed by atoms with Gasteiger partial charge in [-0.05, 0) is 78.2 Å². The minimum atomic E-state index is -0.956. The quantitative estimate of drug-likeness (QED) is 0.118. The first kappa shape index (κ1) is 32.2. The SMILES string of the molecule is O=C(CC(=O)c1cc(Cc2cc(F)cc(F)c2)cn(Cc2ccccc2F)c1=O)C(=O)N1CCN(c2ccc(-n3cccc3)cc2)CC1. The summed E-state index contributed by atoms with van der Waals surface area (Å²) in [5.41, 5.74) is 1.57. The third kappa shape index (κ3) is 7.30. The summed E-state index contributed by atoms with van der Waals surface area (Å²) in [7, 11) is 0. The van der Waals surface area contributed by atoms with Crippen LogP contribution in [0.1, 0.15) is 33.5 Å². The van der Waals surface area contributed by atoms with E-state index in [9.17, 15) is 32.3 Å². The van der Waals surface area contributed by atoms with Gasteiger partial charge in [0.15, 0.2) is 5.78 Å². The summed E-state index contributed by atoms with van der Waals surface area (Å²) in [6.45, 7) is 1.28. The fourth-order valence-corrected chi connectivity index (χ4v) is 5.87. The molecule has 1 aliphatic heterocycles. The standard InChI is InChI=1S/C37H31F3N4O4/c38-28-18-25(19-29(39)21-28)17-26-20-32(36(47)44(23-26)24-27-5-1-2-6-33(27)40)34(45)22-35(46)37(48)43-15-13-42(14-16-43)31-9-7-30(8-10-31)41-11-3-4-12-41/h1-12,18-21,23H,13-17,22,24H2. The Hall–Kier alpha value is -5.71. The topological polar surface area (TPSA) is 84.6 Å². The largest absolute Gasteiger partial charge is 0.368 e. The number of carbonyl (C=O) groups is 3. The lowest BCUT2D eigenvalue weighted by atomic mass is 10.0. The third-order valence-corrected chi connectivity index (χ3v) is 8.32. The molecule has 6 rings (SSSR count). The van der Waals surface area contributed by atoms with Crippen molar-refractivity contribution in [3.05, 3.63) is 154 Å². The number of Topliss-reactive ketones (excluding diaryl/α,β-unsaturated/α-hetero) is 2. The number of hydrogen-bond donors (Lipinski definition) is 0. The predicted octanol–water partition coefficient (Wildman–Crippen LogP) is 5.19. The van der Waals surface area contributed by atoms with Crippen LogP contribution in [0.5, 0.6) is 0 Å². The van der Waals surface area contributed by atoms with E-state index in [-0.39, 0.29) is 42.7 Å². The maximum absolute atomic E-state index is 14.5. The van der Waals surface area contributed by atoms with Crippen molar-refractivity contribution in [2.75, 3.05) is 31.1 Å². The van der Waals surface area contributed by atoms with Crippen LogP contribution >= 0.6 is 0 Å². The second kappa shape index (κ2) is 14.0. The van der Waals surface area contributed by atoms with Gasteiger partial charge in [0.25, 0.3) is 11.5 Å². The normalized spacial score (nSPS) is 13.1. The molecule has 3 heterocycles. The van der Waals surface area contributed by atoms with E-state index in [1.807, 2.05) is 53.4 Å². The van der Waals surface area contributed by atoms with Gasteiger partial charge in [0.05, 0.1) is 18.5 Å². The highest BCUT2D eigenvalue weighted by Crippen LogP contribution is 2.20. The molecule has 1 saturated heterocycles. The smallest absolute Gasteiger partial charge is 0.290 e. The van der Waals surface area contributed by atoms with Crippen LogP contribution < -0.4 is 10.5 Å². The van der Waals surface area contributed by atoms with Crippen molar-refractivity contribution in [3.8, 4) is 5.69 Å². The van der Waals surface area contributed by atoms with Crippen LogP contribution in [-0.4, -0.2) is 57.7 Å². The lowest BCUT2D eigenvalue weighted by molar-refractivity contribution is -0.144. The predicted molar refractivity (Wildman–Crippen MR) is 174 cm³/mol. The minimum Gasteiger partial charge on any atom is -0.368 e. The van der Waals surface area contributed by atoms with Crippen molar-refractivity contribution in [2.24, 2.45) is 0 Å². The van der Waals surface area contributed by atoms with Crippen molar-refractivity contribution in [2.45, 2.75) is 19.4 Å². The molecular weight excluding hydrogens is 621 g/mol. The number of carbonyl (C=O) groups excluding carboxylic acids is 3. The Morgan fingerprint density at radius 3 is 2.02 bits per heavy atom. The van der Waals surface area contributed by atoms with Crippen LogP contribution in [0.3, 0.4) is 0 Å². The number of benzene rings is 3. The number of pyridine rings is 1. The van der Waals surface area contributed by atoms with Gasteiger partial charge in [-0.3, -0.25) is 19.2 Å². The summed E-state index contributed by atoms with van der Waals surface area (Å²) in [5.74, 6) is -4.81. The number of amides is 1. The van der Waals surface area contributed by atoms with Gasteiger partial charge in [0.2, 0.25) is 5.78 Å². The van der Waals surface area contributed by atoms with Crippen LogP contribution in [0.2, 0.25) is 0 Å². The highest BCUT2D eigenvalue weighted by Gasteiger charge is 2.29. The molecule has 11 heteroatoms. The van der Waals surface area contributed by atoms with Crippen LogP contribution in [0, 0.1) is 17.5 Å². The molecule has 1 aliphatic rings. The molecule has 48 heavy (non-hydrogen) atoms. The molecule has 0 aliphatic carbocycles. The summed E-state index contributed by atoms with van der Waals surface area (Å²) in [5, 5.41) is 0. The molecule has 0 unspecified atom stereocenters. The molecular formula is C37H31F3N4O4. The molecule has 0 radical (unpaired) electrons. The number of nitrogens with zero attached hydrogens (tertiary/aromatic N) is 4. The first-order chi connectivity index (χ1) is 23.1. The van der Waals surface area contributed by atoms with Gasteiger partial charge < -0.3 is 18.9 Å². The van der Waals surface area contributed by atoms with Gasteiger partial charge in [-0.25, -0.2) is 13.2 Å². The first-order valence-corrected chi connectivity index (χ1v) is 15.4. The monoisotopic (exact) mass is 652 g/mol. The number of rotatable bonds is 10. The Morgan fingerprint density at radius 1 is 0.708 bits per heavy atom. The van der Waals surface area contributed by atoms with E-state index in [1.165, 1.54) is 35.4 Å². The fourth-order valence-electron chi connectivity index (χ4n) is 5.87. The van der Waals surface area contributed by atoms with Gasteiger partial charge in [0, 0.05) is 67.8 Å². The third-order valence-electron chi connectivity index (χ3n) is 8.32. The number of aromatic nitrogens is 2. The van der Waals surface area contributed by atoms with E-state index in [0.717, 1.165) is 34.1 Å². The second-order valence-electron chi connectivity index (χ2n) is 11.7. The van der Waals surface area contributed by atoms with E-state index in [2.05, 4.69) is 4.90 Å². The van der Waals surface area contributed by atoms with Gasteiger partial charge in [-0.1, -0.05) is 18.2 Å². The second-order valence-corrected chi connectivity index (χ2v) is 11.7. The summed E-state index contributed by atoms with van der Waals surface area (Å²) >= 11 is 0. The van der Waals surface area contributed by atoms with Gasteiger partial charge in [-0.15, -0.1) is 0 Å². The van der Waals surface area contributed by atoms with Crippen LogP contribution in [0.15, 0.2) is 108 Å². The summed E-state index contributed by atoms with van der Waals surface area (Å²) < 4.78 is 45.4. The maximum atomic E-state index is 14.5. The molecule has 244 valence electrons. The molecule has 0 spiro atoms. The molecule has 2 aromatic heterocycles. The Morgan fingerprint density at radius 2 is 1.35 bits per heavy atom. The minimum absolute atomic E-state index is 0.0568. The van der Waals surface area contributed by atoms with E-state index in [0.29, 0.717) is 18.7 Å². The van der Waals surface area contributed by atoms with Gasteiger partial charge in [-0.2, -0.15) is 0 Å². The number of anilines is 1.